The van der Waals surface area contributed by atoms with Gasteiger partial charge in [-0.2, -0.15) is 0 Å². The van der Waals surface area contributed by atoms with Gasteiger partial charge in [0.05, 0.1) is 0 Å². The molecule has 152 valence electrons. The number of aliphatic hydroxyl groups is 2. The second-order valence-electron chi connectivity index (χ2n) is 7.13. The molecule has 3 heteroatoms. The van der Waals surface area contributed by atoms with Gasteiger partial charge in [0.1, 0.15) is 0 Å². The Hall–Kier alpha value is -0.770. The van der Waals surface area contributed by atoms with Crippen LogP contribution in [0.2, 0.25) is 0 Å². The molecular formula is C24H38HfO2-2. The fourth-order valence-electron chi connectivity index (χ4n) is 1.78. The van der Waals surface area contributed by atoms with Crippen LogP contribution in [0.25, 0.3) is 0 Å². The standard InChI is InChI=1S/2C10H13.2C2H6O.Hf/c2*1-10(2,3)9-7-5-4-6-8-9;2*1-2-3;/h2*4-8H,1H2,2-3H3;2*3H,2H2,1H3;/q2*-1;;;. The summed E-state index contributed by atoms with van der Waals surface area (Å²) < 4.78 is 0. The zero-order valence-corrected chi connectivity index (χ0v) is 21.6. The van der Waals surface area contributed by atoms with Crippen LogP contribution in [0.3, 0.4) is 0 Å². The Morgan fingerprint density at radius 1 is 0.630 bits per heavy atom. The summed E-state index contributed by atoms with van der Waals surface area (Å²) in [7, 11) is 0. The van der Waals surface area contributed by atoms with E-state index in [0.29, 0.717) is 0 Å². The first kappa shape index (κ1) is 30.9. The van der Waals surface area contributed by atoms with E-state index >= 15 is 0 Å². The Kier molecular flexibility index (Phi) is 19.9. The van der Waals surface area contributed by atoms with E-state index in [9.17, 15) is 0 Å². The van der Waals surface area contributed by atoms with E-state index in [0.717, 1.165) is 0 Å². The third kappa shape index (κ3) is 18.4. The summed E-state index contributed by atoms with van der Waals surface area (Å²) >= 11 is 0. The van der Waals surface area contributed by atoms with Crippen LogP contribution in [0, 0.1) is 13.8 Å². The molecule has 0 atom stereocenters. The number of hydrogen-bond donors (Lipinski definition) is 2. The van der Waals surface area contributed by atoms with Crippen molar-refractivity contribution in [3.63, 3.8) is 0 Å². The topological polar surface area (TPSA) is 40.5 Å². The minimum Gasteiger partial charge on any atom is -0.397 e. The fourth-order valence-corrected chi connectivity index (χ4v) is 1.78. The molecule has 0 saturated heterocycles. The van der Waals surface area contributed by atoms with Crippen LogP contribution in [0.4, 0.5) is 0 Å². The molecule has 0 fully saturated rings. The van der Waals surface area contributed by atoms with Gasteiger partial charge in [0, 0.05) is 39.1 Å². The van der Waals surface area contributed by atoms with Crippen molar-refractivity contribution in [2.24, 2.45) is 0 Å². The zero-order valence-electron chi connectivity index (χ0n) is 18.0. The Labute approximate surface area is 186 Å². The van der Waals surface area contributed by atoms with Gasteiger partial charge in [-0.05, 0) is 13.8 Å². The second-order valence-corrected chi connectivity index (χ2v) is 7.13. The summed E-state index contributed by atoms with van der Waals surface area (Å²) in [5, 5.41) is 15.1. The number of aliphatic hydroxyl groups excluding tert-OH is 2. The van der Waals surface area contributed by atoms with E-state index in [-0.39, 0.29) is 49.9 Å². The Morgan fingerprint density at radius 3 is 0.926 bits per heavy atom. The molecule has 2 aromatic rings. The van der Waals surface area contributed by atoms with Gasteiger partial charge < -0.3 is 24.1 Å². The zero-order chi connectivity index (χ0) is 20.6. The largest absolute Gasteiger partial charge is 0.397 e. The molecule has 2 rings (SSSR count). The summed E-state index contributed by atoms with van der Waals surface area (Å²) in [6.45, 7) is 20.4. The second kappa shape index (κ2) is 17.3. The molecule has 2 aromatic carbocycles. The monoisotopic (exact) mass is 538 g/mol. The van der Waals surface area contributed by atoms with Gasteiger partial charge >= 0.3 is 0 Å². The summed E-state index contributed by atoms with van der Waals surface area (Å²) in [6, 6.07) is 20.6. The summed E-state index contributed by atoms with van der Waals surface area (Å²) in [6.07, 6.45) is 0. The van der Waals surface area contributed by atoms with Crippen molar-refractivity contribution < 1.29 is 36.1 Å². The molecule has 2 nitrogen and oxygen atoms in total. The van der Waals surface area contributed by atoms with Gasteiger partial charge in [-0.1, -0.05) is 99.5 Å². The van der Waals surface area contributed by atoms with E-state index in [1.165, 1.54) is 11.1 Å². The minimum absolute atomic E-state index is 0. The molecule has 27 heavy (non-hydrogen) atoms. The predicted molar refractivity (Wildman–Crippen MR) is 115 cm³/mol. The first-order chi connectivity index (χ1) is 12.0. The van der Waals surface area contributed by atoms with Crippen LogP contribution in [-0.2, 0) is 36.7 Å². The Bertz CT molecular complexity index is 474. The average molecular weight is 537 g/mol. The van der Waals surface area contributed by atoms with Crippen molar-refractivity contribution in [1.82, 2.24) is 0 Å². The van der Waals surface area contributed by atoms with Crippen LogP contribution in [0.15, 0.2) is 60.7 Å². The van der Waals surface area contributed by atoms with Gasteiger partial charge in [0.25, 0.3) is 0 Å². The van der Waals surface area contributed by atoms with E-state index in [1.54, 1.807) is 13.8 Å². The smallest absolute Gasteiger partial charge is 0.0402 e. The van der Waals surface area contributed by atoms with Crippen LogP contribution >= 0.6 is 0 Å². The quantitative estimate of drug-likeness (QED) is 0.388. The maximum atomic E-state index is 7.57. The minimum atomic E-state index is 0. The average Bonchev–Trinajstić information content (AvgIpc) is 2.57. The molecule has 2 N–H and O–H groups in total. The molecule has 0 amide bonds. The van der Waals surface area contributed by atoms with Crippen LogP contribution in [0.5, 0.6) is 0 Å². The molecule has 0 radical (unpaired) electrons. The molecule has 0 aromatic heterocycles. The van der Waals surface area contributed by atoms with E-state index in [1.807, 2.05) is 36.4 Å². The number of hydrogen-bond acceptors (Lipinski definition) is 2. The van der Waals surface area contributed by atoms with Gasteiger partial charge in [-0.25, -0.2) is 0 Å². The van der Waals surface area contributed by atoms with Crippen molar-refractivity contribution in [3.05, 3.63) is 85.6 Å². The number of benzene rings is 2. The molecule has 0 saturated carbocycles. The Morgan fingerprint density at radius 2 is 0.815 bits per heavy atom. The maximum absolute atomic E-state index is 7.57. The van der Waals surface area contributed by atoms with Gasteiger partial charge in [0.2, 0.25) is 0 Å². The van der Waals surface area contributed by atoms with Gasteiger partial charge in [-0.3, -0.25) is 0 Å². The number of rotatable bonds is 2. The fraction of sp³-hybridized carbons (Fsp3) is 0.417. The van der Waals surface area contributed by atoms with E-state index in [4.69, 9.17) is 10.2 Å². The summed E-state index contributed by atoms with van der Waals surface area (Å²) in [4.78, 5) is 0. The third-order valence-corrected chi connectivity index (χ3v) is 3.11. The molecule has 0 unspecified atom stereocenters. The van der Waals surface area contributed by atoms with Gasteiger partial charge in [0.15, 0.2) is 0 Å². The molecular weight excluding hydrogens is 499 g/mol. The van der Waals surface area contributed by atoms with Crippen LogP contribution in [-0.4, -0.2) is 23.4 Å². The molecule has 0 aliphatic carbocycles. The third-order valence-electron chi connectivity index (χ3n) is 3.11. The maximum Gasteiger partial charge on any atom is 0.0402 e. The predicted octanol–water partition coefficient (Wildman–Crippen LogP) is 5.59. The van der Waals surface area contributed by atoms with Gasteiger partial charge in [-0.15, -0.1) is 10.8 Å². The van der Waals surface area contributed by atoms with Crippen LogP contribution < -0.4 is 0 Å². The first-order valence-electron chi connectivity index (χ1n) is 9.08. The van der Waals surface area contributed by atoms with E-state index in [2.05, 4.69) is 65.8 Å². The van der Waals surface area contributed by atoms with Crippen molar-refractivity contribution in [2.45, 2.75) is 52.4 Å². The van der Waals surface area contributed by atoms with Crippen LogP contribution in [0.1, 0.15) is 52.7 Å². The Balaban J connectivity index is -0.000000322. The van der Waals surface area contributed by atoms with E-state index < -0.39 is 0 Å². The molecule has 0 bridgehead atoms. The first-order valence-corrected chi connectivity index (χ1v) is 9.08. The van der Waals surface area contributed by atoms with Crippen molar-refractivity contribution in [1.29, 1.82) is 0 Å². The molecule has 0 aliphatic rings. The SMILES string of the molecule is CCO.CCO.[CH2-]C(C)(C)c1ccccc1.[CH2-]C(C)(C)c1ccccc1.[Hf]. The van der Waals surface area contributed by atoms with Crippen molar-refractivity contribution in [3.8, 4) is 0 Å². The van der Waals surface area contributed by atoms with Crippen molar-refractivity contribution >= 4 is 0 Å². The van der Waals surface area contributed by atoms with Crippen molar-refractivity contribution in [2.75, 3.05) is 13.2 Å². The summed E-state index contributed by atoms with van der Waals surface area (Å²) in [5.74, 6) is 0. The molecule has 0 spiro atoms. The molecule has 0 aliphatic heterocycles. The normalized spacial score (nSPS) is 9.85. The summed E-state index contributed by atoms with van der Waals surface area (Å²) in [5.41, 5.74) is 2.66. The molecule has 0 heterocycles.